The predicted molar refractivity (Wildman–Crippen MR) is 89.0 cm³/mol. The van der Waals surface area contributed by atoms with Crippen LogP contribution in [0.15, 0.2) is 78.9 Å². The third-order valence-corrected chi connectivity index (χ3v) is 4.35. The van der Waals surface area contributed by atoms with Gasteiger partial charge in [-0.05, 0) is 23.8 Å². The van der Waals surface area contributed by atoms with E-state index in [1.807, 2.05) is 0 Å². The number of fused-ring (bicyclic) bond motifs is 3. The number of hydrogen-bond donors (Lipinski definition) is 0. The molecule has 0 N–H and O–H groups in total. The van der Waals surface area contributed by atoms with E-state index in [0.29, 0.717) is 0 Å². The van der Waals surface area contributed by atoms with Gasteiger partial charge in [-0.25, -0.2) is 0 Å². The fraction of sp³-hybridized carbons (Fsp3) is 0. The summed E-state index contributed by atoms with van der Waals surface area (Å²) in [5, 5.41) is 2.66. The second-order valence-electron chi connectivity index (χ2n) is 5.49. The number of benzene rings is 2. The van der Waals surface area contributed by atoms with E-state index in [1.165, 1.54) is 38.4 Å². The van der Waals surface area contributed by atoms with Gasteiger partial charge in [0.05, 0.1) is 16.6 Å². The molecule has 0 fully saturated rings. The Morgan fingerprint density at radius 1 is 0.524 bits per heavy atom. The largest absolute Gasteiger partial charge is 0.309 e. The van der Waals surface area contributed by atoms with Crippen molar-refractivity contribution in [3.63, 3.8) is 0 Å². The molecule has 5 aromatic rings. The molecule has 0 radical (unpaired) electrons. The number of rotatable bonds is 1. The molecule has 0 bridgehead atoms. The van der Waals surface area contributed by atoms with Crippen LogP contribution in [0.25, 0.3) is 38.4 Å². The van der Waals surface area contributed by atoms with Crippen molar-refractivity contribution in [3.05, 3.63) is 78.9 Å². The lowest BCUT2D eigenvalue weighted by atomic mass is 10.1. The molecule has 21 heavy (non-hydrogen) atoms. The third-order valence-electron chi connectivity index (χ3n) is 4.35. The van der Waals surface area contributed by atoms with Crippen molar-refractivity contribution >= 4 is 27.3 Å². The summed E-state index contributed by atoms with van der Waals surface area (Å²) in [6, 6.07) is 28.2. The van der Waals surface area contributed by atoms with Gasteiger partial charge in [0.15, 0.2) is 0 Å². The number of pyridine rings is 1. The maximum absolute atomic E-state index is 2.38. The minimum Gasteiger partial charge on any atom is -0.309 e. The van der Waals surface area contributed by atoms with Gasteiger partial charge in [0.25, 0.3) is 0 Å². The lowest BCUT2D eigenvalue weighted by Gasteiger charge is -2.01. The van der Waals surface area contributed by atoms with Crippen molar-refractivity contribution in [2.75, 3.05) is 0 Å². The van der Waals surface area contributed by atoms with E-state index >= 15 is 0 Å². The summed E-state index contributed by atoms with van der Waals surface area (Å²) in [4.78, 5) is 0. The van der Waals surface area contributed by atoms with Gasteiger partial charge in [0.2, 0.25) is 0 Å². The maximum Gasteiger partial charge on any atom is 0.0548 e. The monoisotopic (exact) mass is 267 g/mol. The Labute approximate surface area is 122 Å². The van der Waals surface area contributed by atoms with Gasteiger partial charge >= 0.3 is 0 Å². The molecule has 5 rings (SSSR count). The molecule has 0 unspecified atom stereocenters. The first kappa shape index (κ1) is 10.9. The van der Waals surface area contributed by atoms with E-state index < -0.39 is 0 Å². The van der Waals surface area contributed by atoms with Crippen LogP contribution in [0.3, 0.4) is 0 Å². The Morgan fingerprint density at radius 2 is 1.19 bits per heavy atom. The third kappa shape index (κ3) is 1.35. The molecule has 3 aromatic heterocycles. The Hall–Kier alpha value is -2.80. The second-order valence-corrected chi connectivity index (χ2v) is 5.49. The van der Waals surface area contributed by atoms with E-state index in [4.69, 9.17) is 0 Å². The maximum atomic E-state index is 2.38. The minimum absolute atomic E-state index is 1.28. The summed E-state index contributed by atoms with van der Waals surface area (Å²) < 4.78 is 2.38. The lowest BCUT2D eigenvalue weighted by molar-refractivity contribution is 1.36. The lowest BCUT2D eigenvalue weighted by Crippen LogP contribution is -1.82. The van der Waals surface area contributed by atoms with Gasteiger partial charge in [0.1, 0.15) is 0 Å². The van der Waals surface area contributed by atoms with Crippen molar-refractivity contribution in [2.45, 2.75) is 0 Å². The molecular formula is C20H13N. The summed E-state index contributed by atoms with van der Waals surface area (Å²) in [7, 11) is 0. The number of hydrogen-bond acceptors (Lipinski definition) is 0. The van der Waals surface area contributed by atoms with Gasteiger partial charge < -0.3 is 4.40 Å². The molecule has 0 aliphatic rings. The Bertz CT molecular complexity index is 1070. The summed E-state index contributed by atoms with van der Waals surface area (Å²) in [6.07, 6.45) is 0. The van der Waals surface area contributed by atoms with Crippen LogP contribution in [-0.2, 0) is 0 Å². The minimum atomic E-state index is 1.28. The molecule has 3 heterocycles. The van der Waals surface area contributed by atoms with Crippen LogP contribution in [0, 0.1) is 0 Å². The molecule has 0 aliphatic carbocycles. The summed E-state index contributed by atoms with van der Waals surface area (Å²) in [6.45, 7) is 0. The smallest absolute Gasteiger partial charge is 0.0548 e. The highest BCUT2D eigenvalue weighted by Gasteiger charge is 2.15. The van der Waals surface area contributed by atoms with Gasteiger partial charge in [0, 0.05) is 16.3 Å². The summed E-state index contributed by atoms with van der Waals surface area (Å²) >= 11 is 0. The topological polar surface area (TPSA) is 4.41 Å². The van der Waals surface area contributed by atoms with Gasteiger partial charge in [-0.3, -0.25) is 0 Å². The fourth-order valence-corrected chi connectivity index (χ4v) is 3.44. The van der Waals surface area contributed by atoms with Crippen LogP contribution >= 0.6 is 0 Å². The highest BCUT2D eigenvalue weighted by atomic mass is 14.9. The molecule has 1 heteroatoms. The normalized spacial score (nSPS) is 11.8. The molecule has 0 spiro atoms. The quantitative estimate of drug-likeness (QED) is 0.385. The summed E-state index contributed by atoms with van der Waals surface area (Å²) in [5.41, 5.74) is 6.46. The zero-order valence-electron chi connectivity index (χ0n) is 11.5. The van der Waals surface area contributed by atoms with Crippen LogP contribution < -0.4 is 0 Å². The molecular weight excluding hydrogens is 254 g/mol. The van der Waals surface area contributed by atoms with Crippen molar-refractivity contribution in [2.24, 2.45) is 0 Å². The average Bonchev–Trinajstić information content (AvgIpc) is 3.09. The first-order chi connectivity index (χ1) is 10.4. The molecule has 98 valence electrons. The number of aromatic nitrogens is 1. The zero-order chi connectivity index (χ0) is 13.8. The van der Waals surface area contributed by atoms with Crippen LogP contribution in [-0.4, -0.2) is 4.40 Å². The Balaban J connectivity index is 2.02. The van der Waals surface area contributed by atoms with Crippen molar-refractivity contribution in [1.82, 2.24) is 4.40 Å². The Kier molecular flexibility index (Phi) is 2.01. The molecule has 0 atom stereocenters. The van der Waals surface area contributed by atoms with Crippen LogP contribution in [0.4, 0.5) is 0 Å². The van der Waals surface area contributed by atoms with E-state index in [2.05, 4.69) is 83.3 Å². The van der Waals surface area contributed by atoms with Crippen molar-refractivity contribution in [1.29, 1.82) is 0 Å². The van der Waals surface area contributed by atoms with Crippen LogP contribution in [0.5, 0.6) is 0 Å². The fourth-order valence-electron chi connectivity index (χ4n) is 3.44. The van der Waals surface area contributed by atoms with Gasteiger partial charge in [-0.15, -0.1) is 0 Å². The van der Waals surface area contributed by atoms with E-state index in [-0.39, 0.29) is 0 Å². The molecule has 1 nitrogen and oxygen atoms in total. The number of nitrogens with zero attached hydrogens (tertiary/aromatic N) is 1. The molecule has 2 aromatic carbocycles. The standard InChI is InChI=1S/C20H13N/c1-2-7-14(8-3-1)17-13-20-16-10-5-4-9-15(16)18-11-6-12-19(17)21(18)20/h1-13H. The second kappa shape index (κ2) is 3.86. The van der Waals surface area contributed by atoms with Gasteiger partial charge in [-0.2, -0.15) is 0 Å². The average molecular weight is 267 g/mol. The first-order valence-corrected chi connectivity index (χ1v) is 7.23. The van der Waals surface area contributed by atoms with Crippen LogP contribution in [0.2, 0.25) is 0 Å². The molecule has 0 saturated heterocycles. The van der Waals surface area contributed by atoms with E-state index in [0.717, 1.165) is 0 Å². The highest BCUT2D eigenvalue weighted by molar-refractivity contribution is 6.12. The van der Waals surface area contributed by atoms with E-state index in [1.54, 1.807) is 0 Å². The molecule has 0 saturated carbocycles. The van der Waals surface area contributed by atoms with E-state index in [9.17, 15) is 0 Å². The highest BCUT2D eigenvalue weighted by Crippen LogP contribution is 2.37. The molecule has 0 amide bonds. The Morgan fingerprint density at radius 3 is 2.00 bits per heavy atom. The van der Waals surface area contributed by atoms with Crippen LogP contribution in [0.1, 0.15) is 0 Å². The predicted octanol–water partition coefficient (Wildman–Crippen LogP) is 5.35. The van der Waals surface area contributed by atoms with Gasteiger partial charge in [-0.1, -0.05) is 60.7 Å². The van der Waals surface area contributed by atoms with Crippen molar-refractivity contribution < 1.29 is 0 Å². The van der Waals surface area contributed by atoms with Crippen molar-refractivity contribution in [3.8, 4) is 11.1 Å². The SMILES string of the molecule is c1ccc(-c2cc3c4ccccc4c4cccc2n43)cc1. The first-order valence-electron chi connectivity index (χ1n) is 7.23. The summed E-state index contributed by atoms with van der Waals surface area (Å²) in [5.74, 6) is 0. The molecule has 0 aliphatic heterocycles. The zero-order valence-corrected chi connectivity index (χ0v) is 11.5.